The van der Waals surface area contributed by atoms with E-state index in [1.165, 1.54) is 6.42 Å². The van der Waals surface area contributed by atoms with Gasteiger partial charge in [0, 0.05) is 39.4 Å². The maximum atomic E-state index is 5.47. The lowest BCUT2D eigenvalue weighted by atomic mass is 10.1. The molecule has 0 amide bonds. The quantitative estimate of drug-likeness (QED) is 0.727. The Labute approximate surface area is 106 Å². The molecule has 1 heterocycles. The minimum atomic E-state index is 0.209. The lowest BCUT2D eigenvalue weighted by Crippen LogP contribution is -2.46. The molecule has 0 radical (unpaired) electrons. The van der Waals surface area contributed by atoms with Crippen molar-refractivity contribution in [1.82, 2.24) is 10.2 Å². The second kappa shape index (κ2) is 7.31. The summed E-state index contributed by atoms with van der Waals surface area (Å²) < 4.78 is 10.9. The number of ether oxygens (including phenoxy) is 2. The van der Waals surface area contributed by atoms with Gasteiger partial charge in [-0.25, -0.2) is 0 Å². The molecule has 0 aromatic rings. The average Bonchev–Trinajstić information content (AvgIpc) is 2.77. The van der Waals surface area contributed by atoms with Gasteiger partial charge < -0.3 is 14.8 Å². The van der Waals surface area contributed by atoms with Gasteiger partial charge in [-0.05, 0) is 26.8 Å². The van der Waals surface area contributed by atoms with E-state index in [1.807, 2.05) is 0 Å². The van der Waals surface area contributed by atoms with E-state index < -0.39 is 0 Å². The van der Waals surface area contributed by atoms with Crippen LogP contribution in [0.1, 0.15) is 27.2 Å². The summed E-state index contributed by atoms with van der Waals surface area (Å²) in [4.78, 5) is 2.45. The number of methoxy groups -OCH3 is 2. The summed E-state index contributed by atoms with van der Waals surface area (Å²) >= 11 is 0. The summed E-state index contributed by atoms with van der Waals surface area (Å²) in [5.41, 5.74) is 0. The number of hydrogen-bond acceptors (Lipinski definition) is 4. The van der Waals surface area contributed by atoms with Gasteiger partial charge >= 0.3 is 0 Å². The smallest absolute Gasteiger partial charge is 0.0971 e. The van der Waals surface area contributed by atoms with Crippen LogP contribution < -0.4 is 5.32 Å². The summed E-state index contributed by atoms with van der Waals surface area (Å²) in [7, 11) is 3.53. The summed E-state index contributed by atoms with van der Waals surface area (Å²) in [5, 5.41) is 3.55. The number of likely N-dealkylation sites (tertiary alicyclic amines) is 1. The second-order valence-corrected chi connectivity index (χ2v) is 4.99. The SMILES string of the molecule is CCCNC(C)C(C)N1CC(OC)C(OC)C1. The zero-order chi connectivity index (χ0) is 12.8. The van der Waals surface area contributed by atoms with Crippen LogP contribution in [-0.2, 0) is 9.47 Å². The Morgan fingerprint density at radius 2 is 1.71 bits per heavy atom. The first-order valence-corrected chi connectivity index (χ1v) is 6.67. The first kappa shape index (κ1) is 14.9. The molecule has 1 saturated heterocycles. The molecule has 4 unspecified atom stereocenters. The molecule has 1 aliphatic rings. The van der Waals surface area contributed by atoms with Crippen LogP contribution in [0.2, 0.25) is 0 Å². The maximum Gasteiger partial charge on any atom is 0.0971 e. The van der Waals surface area contributed by atoms with Gasteiger partial charge in [-0.15, -0.1) is 0 Å². The van der Waals surface area contributed by atoms with E-state index in [0.717, 1.165) is 19.6 Å². The molecule has 0 aromatic carbocycles. The van der Waals surface area contributed by atoms with Crippen molar-refractivity contribution in [3.63, 3.8) is 0 Å². The van der Waals surface area contributed by atoms with Crippen molar-refractivity contribution >= 4 is 0 Å². The van der Waals surface area contributed by atoms with Crippen molar-refractivity contribution in [2.75, 3.05) is 33.9 Å². The number of nitrogens with one attached hydrogen (secondary N) is 1. The van der Waals surface area contributed by atoms with Crippen LogP contribution >= 0.6 is 0 Å². The monoisotopic (exact) mass is 244 g/mol. The molecule has 4 atom stereocenters. The Kier molecular flexibility index (Phi) is 6.41. The molecule has 0 aromatic heterocycles. The first-order chi connectivity index (χ1) is 8.13. The van der Waals surface area contributed by atoms with E-state index >= 15 is 0 Å². The van der Waals surface area contributed by atoms with E-state index in [1.54, 1.807) is 14.2 Å². The molecule has 0 spiro atoms. The van der Waals surface area contributed by atoms with Gasteiger partial charge in [0.05, 0.1) is 12.2 Å². The van der Waals surface area contributed by atoms with Crippen LogP contribution in [0.25, 0.3) is 0 Å². The van der Waals surface area contributed by atoms with E-state index in [-0.39, 0.29) is 12.2 Å². The standard InChI is InChI=1S/C13H28N2O2/c1-6-7-14-10(2)11(3)15-8-12(16-4)13(9-15)17-5/h10-14H,6-9H2,1-5H3. The van der Waals surface area contributed by atoms with Crippen LogP contribution in [0.3, 0.4) is 0 Å². The molecule has 4 nitrogen and oxygen atoms in total. The molecule has 1 fully saturated rings. The van der Waals surface area contributed by atoms with Gasteiger partial charge in [0.15, 0.2) is 0 Å². The van der Waals surface area contributed by atoms with Crippen LogP contribution in [-0.4, -0.2) is 63.0 Å². The average molecular weight is 244 g/mol. The Hall–Kier alpha value is -0.160. The number of nitrogens with zero attached hydrogens (tertiary/aromatic N) is 1. The summed E-state index contributed by atoms with van der Waals surface area (Å²) in [6.07, 6.45) is 1.60. The molecular weight excluding hydrogens is 216 g/mol. The summed E-state index contributed by atoms with van der Waals surface area (Å²) in [6, 6.07) is 1.02. The number of rotatable bonds is 7. The van der Waals surface area contributed by atoms with Gasteiger partial charge in [0.1, 0.15) is 0 Å². The van der Waals surface area contributed by atoms with Crippen LogP contribution in [0.5, 0.6) is 0 Å². The maximum absolute atomic E-state index is 5.47. The van der Waals surface area contributed by atoms with Crippen molar-refractivity contribution < 1.29 is 9.47 Å². The fourth-order valence-corrected chi connectivity index (χ4v) is 2.42. The number of hydrogen-bond donors (Lipinski definition) is 1. The molecule has 102 valence electrons. The minimum absolute atomic E-state index is 0.209. The van der Waals surface area contributed by atoms with Gasteiger partial charge in [0.25, 0.3) is 0 Å². The Bertz CT molecular complexity index is 202. The van der Waals surface area contributed by atoms with Crippen LogP contribution in [0, 0.1) is 0 Å². The summed E-state index contributed by atoms with van der Waals surface area (Å²) in [6.45, 7) is 9.74. The van der Waals surface area contributed by atoms with E-state index in [0.29, 0.717) is 12.1 Å². The highest BCUT2D eigenvalue weighted by Gasteiger charge is 2.36. The van der Waals surface area contributed by atoms with Crippen molar-refractivity contribution in [2.24, 2.45) is 0 Å². The minimum Gasteiger partial charge on any atom is -0.377 e. The molecule has 0 bridgehead atoms. The second-order valence-electron chi connectivity index (χ2n) is 4.99. The summed E-state index contributed by atoms with van der Waals surface area (Å²) in [5.74, 6) is 0. The molecule has 0 saturated carbocycles. The Morgan fingerprint density at radius 1 is 1.18 bits per heavy atom. The normalized spacial score (nSPS) is 29.5. The first-order valence-electron chi connectivity index (χ1n) is 6.67. The molecule has 17 heavy (non-hydrogen) atoms. The zero-order valence-electron chi connectivity index (χ0n) is 11.9. The molecule has 0 aliphatic carbocycles. The van der Waals surface area contributed by atoms with E-state index in [2.05, 4.69) is 31.0 Å². The fourth-order valence-electron chi connectivity index (χ4n) is 2.42. The molecule has 1 N–H and O–H groups in total. The highest BCUT2D eigenvalue weighted by atomic mass is 16.5. The zero-order valence-corrected chi connectivity index (χ0v) is 11.9. The van der Waals surface area contributed by atoms with Crippen molar-refractivity contribution in [3.05, 3.63) is 0 Å². The van der Waals surface area contributed by atoms with Gasteiger partial charge in [-0.2, -0.15) is 0 Å². The highest BCUT2D eigenvalue weighted by Crippen LogP contribution is 2.19. The Balaban J connectivity index is 2.45. The topological polar surface area (TPSA) is 33.7 Å². The van der Waals surface area contributed by atoms with Crippen molar-refractivity contribution in [1.29, 1.82) is 0 Å². The lowest BCUT2D eigenvalue weighted by Gasteiger charge is -2.30. The van der Waals surface area contributed by atoms with E-state index in [4.69, 9.17) is 9.47 Å². The third-order valence-corrected chi connectivity index (χ3v) is 3.86. The fraction of sp³-hybridized carbons (Fsp3) is 1.00. The third kappa shape index (κ3) is 3.91. The lowest BCUT2D eigenvalue weighted by molar-refractivity contribution is -0.00461. The molecule has 1 aliphatic heterocycles. The molecule has 4 heteroatoms. The van der Waals surface area contributed by atoms with Crippen molar-refractivity contribution in [3.8, 4) is 0 Å². The van der Waals surface area contributed by atoms with Crippen LogP contribution in [0.4, 0.5) is 0 Å². The van der Waals surface area contributed by atoms with Crippen molar-refractivity contribution in [2.45, 2.75) is 51.5 Å². The van der Waals surface area contributed by atoms with Gasteiger partial charge in [-0.1, -0.05) is 6.92 Å². The highest BCUT2D eigenvalue weighted by molar-refractivity contribution is 4.91. The predicted molar refractivity (Wildman–Crippen MR) is 70.4 cm³/mol. The van der Waals surface area contributed by atoms with E-state index in [9.17, 15) is 0 Å². The molecular formula is C13H28N2O2. The van der Waals surface area contributed by atoms with Crippen LogP contribution in [0.15, 0.2) is 0 Å². The van der Waals surface area contributed by atoms with Gasteiger partial charge in [0.2, 0.25) is 0 Å². The molecule has 1 rings (SSSR count). The third-order valence-electron chi connectivity index (χ3n) is 3.86. The van der Waals surface area contributed by atoms with Gasteiger partial charge in [-0.3, -0.25) is 4.90 Å². The predicted octanol–water partition coefficient (Wildman–Crippen LogP) is 1.11. The largest absolute Gasteiger partial charge is 0.377 e. The Morgan fingerprint density at radius 3 is 2.12 bits per heavy atom.